The molecule has 2 saturated heterocycles. The number of piperazine rings is 1. The van der Waals surface area contributed by atoms with Crippen molar-refractivity contribution in [3.05, 3.63) is 33.1 Å². The minimum absolute atomic E-state index is 0.0875. The lowest BCUT2D eigenvalue weighted by Gasteiger charge is -2.38. The second-order valence-electron chi connectivity index (χ2n) is 10.1. The predicted octanol–water partition coefficient (Wildman–Crippen LogP) is 3.04. The van der Waals surface area contributed by atoms with Gasteiger partial charge in [0.05, 0.1) is 12.1 Å². The number of hydrogen-bond donors (Lipinski definition) is 3. The molecular weight excluding hydrogens is 522 g/mol. The first-order chi connectivity index (χ1) is 18.4. The molecule has 12 heteroatoms. The monoisotopic (exact) mass is 557 g/mol. The van der Waals surface area contributed by atoms with E-state index in [1.165, 1.54) is 22.6 Å². The van der Waals surface area contributed by atoms with E-state index < -0.39 is 5.97 Å². The highest BCUT2D eigenvalue weighted by Crippen LogP contribution is 2.36. The maximum atomic E-state index is 13.0. The zero-order valence-electron chi connectivity index (χ0n) is 21.9. The summed E-state index contributed by atoms with van der Waals surface area (Å²) in [5, 5.41) is 17.9. The number of likely N-dealkylation sites (tertiary alicyclic amines) is 1. The van der Waals surface area contributed by atoms with Crippen molar-refractivity contribution in [3.63, 3.8) is 0 Å². The number of hydrogen-bond acceptors (Lipinski definition) is 10. The maximum Gasteiger partial charge on any atom is 0.304 e. The first-order valence-electron chi connectivity index (χ1n) is 13.1. The van der Waals surface area contributed by atoms with Gasteiger partial charge in [-0.3, -0.25) is 29.7 Å². The van der Waals surface area contributed by atoms with Crippen molar-refractivity contribution in [3.8, 4) is 11.3 Å². The average molecular weight is 558 g/mol. The number of anilines is 1. The van der Waals surface area contributed by atoms with Crippen LogP contribution in [0.1, 0.15) is 35.9 Å². The third-order valence-corrected chi connectivity index (χ3v) is 9.20. The first kappa shape index (κ1) is 26.9. The summed E-state index contributed by atoms with van der Waals surface area (Å²) in [4.78, 5) is 42.4. The Labute approximate surface area is 231 Å². The van der Waals surface area contributed by atoms with Crippen LogP contribution >= 0.6 is 22.7 Å². The molecule has 1 amide bonds. The van der Waals surface area contributed by atoms with E-state index in [1.807, 2.05) is 0 Å². The van der Waals surface area contributed by atoms with Crippen LogP contribution in [0.4, 0.5) is 5.13 Å². The summed E-state index contributed by atoms with van der Waals surface area (Å²) in [7, 11) is 0. The lowest BCUT2D eigenvalue weighted by Crippen LogP contribution is -2.55. The van der Waals surface area contributed by atoms with Crippen molar-refractivity contribution in [2.24, 2.45) is 4.99 Å². The number of carbonyl (C=O) groups excluding carboxylic acids is 1. The fourth-order valence-corrected chi connectivity index (χ4v) is 6.81. The van der Waals surface area contributed by atoms with Crippen molar-refractivity contribution in [2.45, 2.75) is 51.9 Å². The Kier molecular flexibility index (Phi) is 8.54. The Morgan fingerprint density at radius 2 is 2.05 bits per heavy atom. The highest BCUT2D eigenvalue weighted by atomic mass is 32.1. The van der Waals surface area contributed by atoms with E-state index in [2.05, 4.69) is 55.6 Å². The number of aryl methyl sites for hydroxylation is 1. The Bertz CT molecular complexity index is 1220. The molecule has 2 aromatic heterocycles. The van der Waals surface area contributed by atoms with Crippen molar-refractivity contribution in [1.82, 2.24) is 25.0 Å². The van der Waals surface area contributed by atoms with Gasteiger partial charge in [-0.2, -0.15) is 0 Å². The molecule has 2 aromatic rings. The van der Waals surface area contributed by atoms with Crippen molar-refractivity contribution in [2.75, 3.05) is 44.6 Å². The van der Waals surface area contributed by atoms with Gasteiger partial charge in [0, 0.05) is 78.4 Å². The largest absolute Gasteiger partial charge is 0.481 e. The third kappa shape index (κ3) is 6.49. The number of rotatable bonds is 9. The molecular formula is C26H35N7O3S2. The van der Waals surface area contributed by atoms with Crippen LogP contribution in [0, 0.1) is 6.92 Å². The Balaban J connectivity index is 1.19. The number of nitrogens with zero attached hydrogens (tertiary/aromatic N) is 5. The van der Waals surface area contributed by atoms with E-state index in [0.29, 0.717) is 23.4 Å². The molecule has 5 rings (SSSR count). The van der Waals surface area contributed by atoms with Crippen LogP contribution in [0.2, 0.25) is 0 Å². The van der Waals surface area contributed by atoms with E-state index in [-0.39, 0.29) is 18.5 Å². The highest BCUT2D eigenvalue weighted by molar-refractivity contribution is 7.16. The average Bonchev–Trinajstić information content (AvgIpc) is 3.63. The van der Waals surface area contributed by atoms with E-state index in [9.17, 15) is 9.59 Å². The fourth-order valence-electron chi connectivity index (χ4n) is 5.12. The highest BCUT2D eigenvalue weighted by Gasteiger charge is 2.27. The van der Waals surface area contributed by atoms with Gasteiger partial charge in [-0.05, 0) is 39.3 Å². The van der Waals surface area contributed by atoms with Gasteiger partial charge >= 0.3 is 5.97 Å². The molecule has 2 unspecified atom stereocenters. The normalized spacial score (nSPS) is 22.8. The number of aliphatic imine (C=N–C) groups is 1. The smallest absolute Gasteiger partial charge is 0.304 e. The van der Waals surface area contributed by atoms with Gasteiger partial charge in [0.1, 0.15) is 11.9 Å². The standard InChI is InChI=1S/C26H35N7O3S2/c1-17-4-3-6-33(17)15-21-24(19-12-18(2)37-16-19)29-26(38-21)30-25(36)20-13-28-22(14-27-20)32-10-8-31(9-11-32)7-5-23(34)35/h12-14,16-17,22,28H,3-11,15H2,1-2H3,(H,34,35)(H,29,30,36). The van der Waals surface area contributed by atoms with Crippen molar-refractivity contribution >= 4 is 45.9 Å². The summed E-state index contributed by atoms with van der Waals surface area (Å²) >= 11 is 3.25. The molecule has 3 N–H and O–H groups in total. The summed E-state index contributed by atoms with van der Waals surface area (Å²) in [6, 6.07) is 2.72. The molecule has 204 valence electrons. The predicted molar refractivity (Wildman–Crippen MR) is 152 cm³/mol. The zero-order chi connectivity index (χ0) is 26.6. The van der Waals surface area contributed by atoms with Crippen LogP contribution in [0.5, 0.6) is 0 Å². The number of nitrogens with one attached hydrogen (secondary N) is 2. The van der Waals surface area contributed by atoms with Gasteiger partial charge in [0.2, 0.25) is 0 Å². The maximum absolute atomic E-state index is 13.0. The number of aromatic nitrogens is 1. The summed E-state index contributed by atoms with van der Waals surface area (Å²) in [5.74, 6) is -1.05. The number of thiazole rings is 1. The minimum atomic E-state index is -0.766. The van der Waals surface area contributed by atoms with Gasteiger partial charge < -0.3 is 15.3 Å². The zero-order valence-corrected chi connectivity index (χ0v) is 23.5. The van der Waals surface area contributed by atoms with Crippen LogP contribution in [0.15, 0.2) is 28.3 Å². The Morgan fingerprint density at radius 1 is 1.24 bits per heavy atom. The van der Waals surface area contributed by atoms with Gasteiger partial charge in [-0.15, -0.1) is 11.3 Å². The summed E-state index contributed by atoms with van der Waals surface area (Å²) in [6.07, 6.45) is 5.95. The van der Waals surface area contributed by atoms with Gasteiger partial charge in [-0.1, -0.05) is 11.3 Å². The van der Waals surface area contributed by atoms with Crippen LogP contribution < -0.4 is 10.6 Å². The Hall–Kier alpha value is -2.64. The number of carboxylic acid groups (broad SMARTS) is 1. The fraction of sp³-hybridized carbons (Fsp3) is 0.538. The van der Waals surface area contributed by atoms with Gasteiger partial charge in [-0.25, -0.2) is 4.98 Å². The van der Waals surface area contributed by atoms with Crippen LogP contribution in [0.3, 0.4) is 0 Å². The minimum Gasteiger partial charge on any atom is -0.481 e. The molecule has 0 saturated carbocycles. The lowest BCUT2D eigenvalue weighted by molar-refractivity contribution is -0.137. The molecule has 0 aromatic carbocycles. The molecule has 3 aliphatic heterocycles. The second-order valence-corrected chi connectivity index (χ2v) is 12.3. The van der Waals surface area contributed by atoms with Crippen molar-refractivity contribution in [1.29, 1.82) is 0 Å². The number of amides is 1. The molecule has 0 bridgehead atoms. The quantitative estimate of drug-likeness (QED) is 0.431. The molecule has 0 radical (unpaired) electrons. The van der Waals surface area contributed by atoms with E-state index in [1.54, 1.807) is 35.1 Å². The molecule has 0 spiro atoms. The van der Waals surface area contributed by atoms with Crippen LogP contribution in [0.25, 0.3) is 11.3 Å². The summed E-state index contributed by atoms with van der Waals surface area (Å²) in [5.41, 5.74) is 2.38. The molecule has 5 heterocycles. The number of carbonyl (C=O) groups is 2. The lowest BCUT2D eigenvalue weighted by atomic mass is 10.2. The molecule has 3 aliphatic rings. The second kappa shape index (κ2) is 12.0. The van der Waals surface area contributed by atoms with E-state index in [4.69, 9.17) is 10.1 Å². The van der Waals surface area contributed by atoms with Crippen molar-refractivity contribution < 1.29 is 14.7 Å². The SMILES string of the molecule is Cc1cc(-c2nc(NC(=O)C3=CNC(N4CCN(CCC(=O)O)CC4)C=N3)sc2CN2CCCC2C)cs1. The summed E-state index contributed by atoms with van der Waals surface area (Å²) in [6.45, 7) is 10.1. The van der Waals surface area contributed by atoms with Gasteiger partial charge in [0.25, 0.3) is 5.91 Å². The van der Waals surface area contributed by atoms with E-state index >= 15 is 0 Å². The summed E-state index contributed by atoms with van der Waals surface area (Å²) < 4.78 is 0. The van der Waals surface area contributed by atoms with Crippen LogP contribution in [-0.2, 0) is 16.1 Å². The topological polar surface area (TPSA) is 113 Å². The Morgan fingerprint density at radius 3 is 2.68 bits per heavy atom. The number of carboxylic acids is 1. The molecule has 0 aliphatic carbocycles. The molecule has 2 atom stereocenters. The third-order valence-electron chi connectivity index (χ3n) is 7.38. The van der Waals surface area contributed by atoms with Gasteiger partial charge in [0.15, 0.2) is 5.13 Å². The number of thiophene rings is 1. The molecule has 2 fully saturated rings. The van der Waals surface area contributed by atoms with E-state index in [0.717, 1.165) is 50.5 Å². The molecule has 10 nitrogen and oxygen atoms in total. The number of aliphatic carboxylic acids is 1. The first-order valence-corrected chi connectivity index (χ1v) is 14.8. The molecule has 38 heavy (non-hydrogen) atoms. The van der Waals surface area contributed by atoms with Crippen LogP contribution in [-0.4, -0.2) is 94.4 Å².